The molecule has 0 radical (unpaired) electrons. The highest BCUT2D eigenvalue weighted by Gasteiger charge is 2.13. The molecule has 1 aromatic rings. The molecule has 1 nitrogen and oxygen atoms in total. The van der Waals surface area contributed by atoms with Gasteiger partial charge in [-0.1, -0.05) is 36.7 Å². The molecule has 0 aliphatic rings. The number of halogens is 2. The zero-order valence-corrected chi connectivity index (χ0v) is 11.8. The van der Waals surface area contributed by atoms with Crippen LogP contribution in [0.1, 0.15) is 31.4 Å². The maximum Gasteiger partial charge on any atom is 0.0595 e. The van der Waals surface area contributed by atoms with E-state index in [1.807, 2.05) is 18.2 Å². The van der Waals surface area contributed by atoms with Crippen LogP contribution in [-0.2, 0) is 0 Å². The monoisotopic (exact) mass is 301 g/mol. The molecule has 0 saturated heterocycles. The summed E-state index contributed by atoms with van der Waals surface area (Å²) in [7, 11) is 0. The molecule has 1 aromatic carbocycles. The Bertz CT molecular complexity index is 352. The standard InChI is InChI=1S/C13H17BrClN/c1-3-6-12(16-9-4-2)10-7-5-8-11(14)13(10)15/h3,5,7-8,12,16H,1,4,6,9H2,2H3. The summed E-state index contributed by atoms with van der Waals surface area (Å²) in [6, 6.07) is 6.28. The predicted molar refractivity (Wildman–Crippen MR) is 75.0 cm³/mol. The fourth-order valence-corrected chi connectivity index (χ4v) is 2.23. The lowest BCUT2D eigenvalue weighted by atomic mass is 10.0. The van der Waals surface area contributed by atoms with Crippen LogP contribution < -0.4 is 5.32 Å². The van der Waals surface area contributed by atoms with E-state index in [-0.39, 0.29) is 6.04 Å². The molecule has 1 atom stereocenters. The summed E-state index contributed by atoms with van der Waals surface area (Å²) in [4.78, 5) is 0. The highest BCUT2D eigenvalue weighted by atomic mass is 79.9. The minimum Gasteiger partial charge on any atom is -0.310 e. The minimum atomic E-state index is 0.252. The Morgan fingerprint density at radius 2 is 2.31 bits per heavy atom. The lowest BCUT2D eigenvalue weighted by Gasteiger charge is -2.19. The van der Waals surface area contributed by atoms with Gasteiger partial charge in [0.2, 0.25) is 0 Å². The van der Waals surface area contributed by atoms with E-state index in [1.54, 1.807) is 0 Å². The second kappa shape index (κ2) is 7.10. The second-order valence-corrected chi connectivity index (χ2v) is 4.91. The molecule has 0 heterocycles. The normalized spacial score (nSPS) is 12.4. The first-order valence-electron chi connectivity index (χ1n) is 5.48. The van der Waals surface area contributed by atoms with E-state index < -0.39 is 0 Å². The highest BCUT2D eigenvalue weighted by molar-refractivity contribution is 9.10. The third kappa shape index (κ3) is 3.62. The zero-order chi connectivity index (χ0) is 12.0. The van der Waals surface area contributed by atoms with Crippen LogP contribution in [0.15, 0.2) is 35.3 Å². The van der Waals surface area contributed by atoms with Crippen molar-refractivity contribution >= 4 is 27.5 Å². The predicted octanol–water partition coefficient (Wildman–Crippen LogP) is 4.72. The van der Waals surface area contributed by atoms with Gasteiger partial charge in [-0.05, 0) is 46.9 Å². The van der Waals surface area contributed by atoms with Gasteiger partial charge in [-0.15, -0.1) is 6.58 Å². The molecule has 0 bridgehead atoms. The first-order valence-corrected chi connectivity index (χ1v) is 6.66. The molecule has 0 aliphatic carbocycles. The van der Waals surface area contributed by atoms with Crippen LogP contribution in [-0.4, -0.2) is 6.54 Å². The van der Waals surface area contributed by atoms with E-state index in [0.29, 0.717) is 0 Å². The maximum absolute atomic E-state index is 6.28. The van der Waals surface area contributed by atoms with Crippen LogP contribution in [0.5, 0.6) is 0 Å². The van der Waals surface area contributed by atoms with E-state index in [4.69, 9.17) is 11.6 Å². The Hall–Kier alpha value is -0.310. The largest absolute Gasteiger partial charge is 0.310 e. The molecule has 0 aliphatic heterocycles. The topological polar surface area (TPSA) is 12.0 Å². The fourth-order valence-electron chi connectivity index (χ4n) is 1.60. The highest BCUT2D eigenvalue weighted by Crippen LogP contribution is 2.31. The first kappa shape index (κ1) is 13.8. The van der Waals surface area contributed by atoms with Crippen molar-refractivity contribution in [3.05, 3.63) is 45.9 Å². The molecule has 0 amide bonds. The van der Waals surface area contributed by atoms with Gasteiger partial charge in [-0.2, -0.15) is 0 Å². The van der Waals surface area contributed by atoms with Crippen molar-refractivity contribution in [1.82, 2.24) is 5.32 Å². The fraction of sp³-hybridized carbons (Fsp3) is 0.385. The Morgan fingerprint density at radius 3 is 2.94 bits per heavy atom. The van der Waals surface area contributed by atoms with Crippen molar-refractivity contribution in [2.75, 3.05) is 6.54 Å². The lowest BCUT2D eigenvalue weighted by Crippen LogP contribution is -2.22. The second-order valence-electron chi connectivity index (χ2n) is 3.67. The Balaban J connectivity index is 2.91. The number of hydrogen-bond donors (Lipinski definition) is 1. The molecule has 1 rings (SSSR count). The summed E-state index contributed by atoms with van der Waals surface area (Å²) < 4.78 is 0.944. The molecule has 0 aromatic heterocycles. The van der Waals surface area contributed by atoms with Gasteiger partial charge in [0, 0.05) is 10.5 Å². The average molecular weight is 303 g/mol. The number of nitrogens with one attached hydrogen (secondary N) is 1. The van der Waals surface area contributed by atoms with Gasteiger partial charge in [0.1, 0.15) is 0 Å². The molecule has 16 heavy (non-hydrogen) atoms. The van der Waals surface area contributed by atoms with Crippen molar-refractivity contribution in [3.8, 4) is 0 Å². The zero-order valence-electron chi connectivity index (χ0n) is 9.47. The van der Waals surface area contributed by atoms with E-state index in [2.05, 4.69) is 40.8 Å². The van der Waals surface area contributed by atoms with Crippen LogP contribution in [0.25, 0.3) is 0 Å². The van der Waals surface area contributed by atoms with Crippen molar-refractivity contribution in [2.45, 2.75) is 25.8 Å². The molecule has 3 heteroatoms. The van der Waals surface area contributed by atoms with Gasteiger partial charge in [-0.25, -0.2) is 0 Å². The Morgan fingerprint density at radius 1 is 1.56 bits per heavy atom. The average Bonchev–Trinajstić information content (AvgIpc) is 2.28. The number of benzene rings is 1. The molecule has 1 N–H and O–H groups in total. The van der Waals surface area contributed by atoms with E-state index >= 15 is 0 Å². The molecule has 0 saturated carbocycles. The van der Waals surface area contributed by atoms with Crippen molar-refractivity contribution in [3.63, 3.8) is 0 Å². The smallest absolute Gasteiger partial charge is 0.0595 e. The molecule has 88 valence electrons. The van der Waals surface area contributed by atoms with Gasteiger partial charge in [-0.3, -0.25) is 0 Å². The third-order valence-corrected chi connectivity index (χ3v) is 3.71. The molecule has 0 spiro atoms. The van der Waals surface area contributed by atoms with E-state index in [1.165, 1.54) is 0 Å². The van der Waals surface area contributed by atoms with Gasteiger partial charge in [0.25, 0.3) is 0 Å². The van der Waals surface area contributed by atoms with Crippen molar-refractivity contribution < 1.29 is 0 Å². The lowest BCUT2D eigenvalue weighted by molar-refractivity contribution is 0.537. The summed E-state index contributed by atoms with van der Waals surface area (Å²) in [5, 5.41) is 4.27. The quantitative estimate of drug-likeness (QED) is 0.750. The van der Waals surface area contributed by atoms with Crippen LogP contribution in [0.2, 0.25) is 5.02 Å². The summed E-state index contributed by atoms with van der Waals surface area (Å²) in [6.45, 7) is 6.93. The SMILES string of the molecule is C=CCC(NCCC)c1cccc(Br)c1Cl. The Labute approximate surface area is 111 Å². The third-order valence-electron chi connectivity index (χ3n) is 2.40. The summed E-state index contributed by atoms with van der Waals surface area (Å²) in [5.74, 6) is 0. The Kier molecular flexibility index (Phi) is 6.10. The molecular weight excluding hydrogens is 286 g/mol. The van der Waals surface area contributed by atoms with Gasteiger partial charge >= 0.3 is 0 Å². The maximum atomic E-state index is 6.28. The van der Waals surface area contributed by atoms with Gasteiger partial charge in [0.05, 0.1) is 5.02 Å². The van der Waals surface area contributed by atoms with Crippen LogP contribution in [0.3, 0.4) is 0 Å². The minimum absolute atomic E-state index is 0.252. The molecule has 0 fully saturated rings. The summed E-state index contributed by atoms with van der Waals surface area (Å²) in [6.07, 6.45) is 3.92. The number of hydrogen-bond acceptors (Lipinski definition) is 1. The summed E-state index contributed by atoms with van der Waals surface area (Å²) in [5.41, 5.74) is 1.13. The summed E-state index contributed by atoms with van der Waals surface area (Å²) >= 11 is 9.73. The van der Waals surface area contributed by atoms with Crippen LogP contribution >= 0.6 is 27.5 Å². The van der Waals surface area contributed by atoms with Crippen LogP contribution in [0.4, 0.5) is 0 Å². The van der Waals surface area contributed by atoms with Gasteiger partial charge < -0.3 is 5.32 Å². The van der Waals surface area contributed by atoms with Gasteiger partial charge in [0.15, 0.2) is 0 Å². The first-order chi connectivity index (χ1) is 7.70. The molecular formula is C13H17BrClN. The molecule has 1 unspecified atom stereocenters. The number of rotatable bonds is 6. The van der Waals surface area contributed by atoms with Crippen LogP contribution in [0, 0.1) is 0 Å². The van der Waals surface area contributed by atoms with Crippen molar-refractivity contribution in [1.29, 1.82) is 0 Å². The van der Waals surface area contributed by atoms with E-state index in [9.17, 15) is 0 Å². The van der Waals surface area contributed by atoms with Crippen molar-refractivity contribution in [2.24, 2.45) is 0 Å². The van der Waals surface area contributed by atoms with E-state index in [0.717, 1.165) is 34.4 Å².